The number of nitrogens with zero attached hydrogens (tertiary/aromatic N) is 1. The lowest BCUT2D eigenvalue weighted by atomic mass is 9.97. The van der Waals surface area contributed by atoms with Crippen LogP contribution in [0.1, 0.15) is 65.8 Å². The molecule has 0 aromatic heterocycles. The third-order valence-electron chi connectivity index (χ3n) is 7.37. The molecule has 2 saturated heterocycles. The maximum absolute atomic E-state index is 11.3. The maximum Gasteiger partial charge on any atom is 0.394 e. The molecular formula is C31H39NO9S. The second-order valence-corrected chi connectivity index (χ2v) is 11.2. The number of aryl methyl sites for hydroxylation is 1. The number of hydrogen-bond donors (Lipinski definition) is 4. The summed E-state index contributed by atoms with van der Waals surface area (Å²) in [5, 5.41) is 18.5. The van der Waals surface area contributed by atoms with Crippen LogP contribution in [0.3, 0.4) is 0 Å². The first-order chi connectivity index (χ1) is 19.9. The number of piperidine rings is 1. The van der Waals surface area contributed by atoms with Gasteiger partial charge in [-0.15, -0.1) is 0 Å². The van der Waals surface area contributed by atoms with E-state index in [0.717, 1.165) is 6.07 Å². The van der Waals surface area contributed by atoms with Crippen molar-refractivity contribution < 1.29 is 42.0 Å². The van der Waals surface area contributed by atoms with Crippen LogP contribution >= 0.6 is 0 Å². The summed E-state index contributed by atoms with van der Waals surface area (Å²) in [7, 11) is -2.38. The van der Waals surface area contributed by atoms with E-state index in [9.17, 15) is 9.90 Å². The molecular weight excluding hydrogens is 562 g/mol. The molecule has 2 heterocycles. The van der Waals surface area contributed by atoms with Gasteiger partial charge in [-0.25, -0.2) is 4.79 Å². The van der Waals surface area contributed by atoms with Gasteiger partial charge in [0.2, 0.25) is 0 Å². The first-order valence-electron chi connectivity index (χ1n) is 13.7. The van der Waals surface area contributed by atoms with E-state index >= 15 is 0 Å². The largest absolute Gasteiger partial charge is 0.508 e. The Morgan fingerprint density at radius 1 is 0.929 bits per heavy atom. The summed E-state index contributed by atoms with van der Waals surface area (Å²) in [4.78, 5) is 13.9. The predicted molar refractivity (Wildman–Crippen MR) is 158 cm³/mol. The Bertz CT molecular complexity index is 1320. The first kappa shape index (κ1) is 33.0. The van der Waals surface area contributed by atoms with Crippen LogP contribution in [-0.4, -0.2) is 70.4 Å². The van der Waals surface area contributed by atoms with Gasteiger partial charge < -0.3 is 24.6 Å². The lowest BCUT2D eigenvalue weighted by Crippen LogP contribution is -2.43. The monoisotopic (exact) mass is 601 g/mol. The Morgan fingerprint density at radius 2 is 1.40 bits per heavy atom. The first-order valence-corrected chi connectivity index (χ1v) is 15.1. The van der Waals surface area contributed by atoms with Crippen molar-refractivity contribution in [2.75, 3.05) is 13.7 Å². The summed E-state index contributed by atoms with van der Waals surface area (Å²) in [6, 6.07) is 25.2. The quantitative estimate of drug-likeness (QED) is 0.215. The van der Waals surface area contributed by atoms with Gasteiger partial charge in [0.1, 0.15) is 23.2 Å². The van der Waals surface area contributed by atoms with Gasteiger partial charge in [0.15, 0.2) is 0 Å². The molecule has 228 valence electrons. The zero-order valence-electron chi connectivity index (χ0n) is 24.0. The topological polar surface area (TPSA) is 154 Å². The highest BCUT2D eigenvalue weighted by atomic mass is 32.3. The smallest absolute Gasteiger partial charge is 0.394 e. The van der Waals surface area contributed by atoms with Crippen molar-refractivity contribution >= 4 is 16.4 Å². The minimum absolute atomic E-state index is 0.0465. The van der Waals surface area contributed by atoms with Gasteiger partial charge in [0.25, 0.3) is 0 Å². The highest BCUT2D eigenvalue weighted by molar-refractivity contribution is 7.79. The van der Waals surface area contributed by atoms with Gasteiger partial charge in [-0.05, 0) is 69.3 Å². The van der Waals surface area contributed by atoms with Crippen molar-refractivity contribution in [3.8, 4) is 11.5 Å². The molecule has 11 heteroatoms. The Morgan fingerprint density at radius 3 is 1.83 bits per heavy atom. The molecule has 3 aromatic rings. The van der Waals surface area contributed by atoms with Crippen LogP contribution in [0.25, 0.3) is 0 Å². The van der Waals surface area contributed by atoms with Crippen molar-refractivity contribution in [1.29, 1.82) is 0 Å². The minimum Gasteiger partial charge on any atom is -0.508 e. The van der Waals surface area contributed by atoms with E-state index in [1.807, 2.05) is 0 Å². The number of benzene rings is 3. The number of aromatic hydroxyl groups is 2. The number of esters is 1. The van der Waals surface area contributed by atoms with E-state index < -0.39 is 16.4 Å². The molecule has 2 atom stereocenters. The van der Waals surface area contributed by atoms with Crippen molar-refractivity contribution in [2.24, 2.45) is 0 Å². The van der Waals surface area contributed by atoms with E-state index in [4.69, 9.17) is 32.1 Å². The van der Waals surface area contributed by atoms with Gasteiger partial charge in [-0.3, -0.25) is 9.11 Å². The lowest BCUT2D eigenvalue weighted by Gasteiger charge is -2.38. The van der Waals surface area contributed by atoms with Crippen molar-refractivity contribution in [3.05, 3.63) is 95.1 Å². The summed E-state index contributed by atoms with van der Waals surface area (Å²) in [5.41, 5.74) is 3.10. The molecule has 0 radical (unpaired) electrons. The molecule has 0 amide bonds. The number of phenols is 2. The van der Waals surface area contributed by atoms with Gasteiger partial charge in [0.05, 0.1) is 12.7 Å². The summed E-state index contributed by atoms with van der Waals surface area (Å²) >= 11 is 0. The highest BCUT2D eigenvalue weighted by Crippen LogP contribution is 2.38. The lowest BCUT2D eigenvalue weighted by molar-refractivity contribution is -0.0426. The molecule has 42 heavy (non-hydrogen) atoms. The average molecular weight is 602 g/mol. The fourth-order valence-electron chi connectivity index (χ4n) is 5.49. The van der Waals surface area contributed by atoms with Crippen LogP contribution in [0.5, 0.6) is 11.5 Å². The second-order valence-electron chi connectivity index (χ2n) is 10.3. The van der Waals surface area contributed by atoms with Crippen LogP contribution in [-0.2, 0) is 19.9 Å². The average Bonchev–Trinajstić information content (AvgIpc) is 3.12. The fraction of sp³-hybridized carbons (Fsp3) is 0.387. The third kappa shape index (κ3) is 9.81. The standard InChI is InChI=1S/C21H25NO.C10H12O4.H2O4S/c1-22-18-12-13-19(22)15-20(14-18)23-21(16-8-4-2-5-9-16)17-10-6-3-7-11-17;1-3-14-10(13)9-6(2)4-7(11)5-8(9)12;1-5(2,3)4/h2-11,18-21H,12-15H2,1H3;4-5,11-12H,3H2,1-2H3;(H2,1,2,3,4). The molecule has 4 N–H and O–H groups in total. The SMILES string of the molecule is CCOC(=O)c1c(C)cc(O)cc1O.CN1C2CCC1CC(OC(c1ccccc1)c1ccccc1)C2.O=S(=O)(O)O. The molecule has 2 fully saturated rings. The van der Waals surface area contributed by atoms with Crippen LogP contribution in [0, 0.1) is 6.92 Å². The Kier molecular flexibility index (Phi) is 11.9. The van der Waals surface area contributed by atoms with Gasteiger partial charge in [-0.2, -0.15) is 8.42 Å². The molecule has 0 saturated carbocycles. The van der Waals surface area contributed by atoms with Crippen molar-refractivity contribution in [3.63, 3.8) is 0 Å². The number of fused-ring (bicyclic) bond motifs is 2. The van der Waals surface area contributed by atoms with E-state index in [1.54, 1.807) is 13.8 Å². The predicted octanol–water partition coefficient (Wildman–Crippen LogP) is 5.35. The van der Waals surface area contributed by atoms with Gasteiger partial charge in [0, 0.05) is 18.2 Å². The number of carbonyl (C=O) groups is 1. The molecule has 10 nitrogen and oxygen atoms in total. The molecule has 5 rings (SSSR count). The fourth-order valence-corrected chi connectivity index (χ4v) is 5.49. The number of carbonyl (C=O) groups excluding carboxylic acids is 1. The summed E-state index contributed by atoms with van der Waals surface area (Å²) < 4.78 is 43.0. The molecule has 0 aliphatic carbocycles. The normalized spacial score (nSPS) is 19.7. The molecule has 2 unspecified atom stereocenters. The summed E-state index contributed by atoms with van der Waals surface area (Å²) in [6.07, 6.45) is 5.43. The van der Waals surface area contributed by atoms with Gasteiger partial charge >= 0.3 is 16.4 Å². The Balaban J connectivity index is 0.000000217. The Labute approximate surface area is 247 Å². The molecule has 3 aromatic carbocycles. The number of ether oxygens (including phenoxy) is 2. The maximum atomic E-state index is 11.3. The minimum atomic E-state index is -4.67. The number of phenolic OH excluding ortho intramolecular Hbond substituents is 2. The van der Waals surface area contributed by atoms with Crippen LogP contribution < -0.4 is 0 Å². The van der Waals surface area contributed by atoms with E-state index in [1.165, 1.54) is 42.9 Å². The Hall–Kier alpha value is -3.48. The molecule has 0 spiro atoms. The zero-order chi connectivity index (χ0) is 30.9. The highest BCUT2D eigenvalue weighted by Gasteiger charge is 2.39. The molecule has 2 aliphatic heterocycles. The molecule has 2 aliphatic rings. The van der Waals surface area contributed by atoms with E-state index in [0.29, 0.717) is 23.8 Å². The van der Waals surface area contributed by atoms with E-state index in [2.05, 4.69) is 72.6 Å². The third-order valence-corrected chi connectivity index (χ3v) is 7.37. The number of rotatable bonds is 6. The van der Waals surface area contributed by atoms with Crippen LogP contribution in [0.4, 0.5) is 0 Å². The van der Waals surface area contributed by atoms with Crippen LogP contribution in [0.15, 0.2) is 72.8 Å². The summed E-state index contributed by atoms with van der Waals surface area (Å²) in [6.45, 7) is 3.55. The molecule has 2 bridgehead atoms. The van der Waals surface area contributed by atoms with E-state index in [-0.39, 0.29) is 29.8 Å². The summed E-state index contributed by atoms with van der Waals surface area (Å²) in [5.74, 6) is -0.920. The van der Waals surface area contributed by atoms with Gasteiger partial charge in [-0.1, -0.05) is 60.7 Å². The van der Waals surface area contributed by atoms with Crippen molar-refractivity contribution in [2.45, 2.75) is 63.8 Å². The zero-order valence-corrected chi connectivity index (χ0v) is 24.8. The van der Waals surface area contributed by atoms with Crippen molar-refractivity contribution in [1.82, 2.24) is 4.90 Å². The van der Waals surface area contributed by atoms with Crippen LogP contribution in [0.2, 0.25) is 0 Å². The number of hydrogen-bond acceptors (Lipinski definition) is 8. The second kappa shape index (κ2) is 15.1.